The Morgan fingerprint density at radius 2 is 1.49 bits per heavy atom. The van der Waals surface area contributed by atoms with Gasteiger partial charge in [0.2, 0.25) is 11.8 Å². The fourth-order valence-electron chi connectivity index (χ4n) is 3.82. The van der Waals surface area contributed by atoms with Gasteiger partial charge in [-0.15, -0.1) is 0 Å². The summed E-state index contributed by atoms with van der Waals surface area (Å²) in [4.78, 5) is 87.9. The van der Waals surface area contributed by atoms with E-state index in [1.54, 1.807) is 12.1 Å². The zero-order valence-electron chi connectivity index (χ0n) is 24.2. The molecule has 2 aromatic carbocycles. The zero-order valence-corrected chi connectivity index (χ0v) is 24.2. The van der Waals surface area contributed by atoms with E-state index in [0.717, 1.165) is 24.3 Å². The van der Waals surface area contributed by atoms with Gasteiger partial charge in [-0.1, -0.05) is 26.0 Å². The highest BCUT2D eigenvalue weighted by Crippen LogP contribution is 2.15. The van der Waals surface area contributed by atoms with E-state index in [0.29, 0.717) is 6.42 Å². The largest absolute Gasteiger partial charge is 0.398 e. The van der Waals surface area contributed by atoms with Crippen LogP contribution >= 0.6 is 0 Å². The number of hydrogen-bond acceptors (Lipinski definition) is 10. The van der Waals surface area contributed by atoms with Crippen LogP contribution in [0.5, 0.6) is 0 Å². The summed E-state index contributed by atoms with van der Waals surface area (Å²) in [6.07, 6.45) is 0.314. The van der Waals surface area contributed by atoms with E-state index >= 15 is 0 Å². The summed E-state index contributed by atoms with van der Waals surface area (Å²) in [5.41, 5.74) is 11.4. The van der Waals surface area contributed by atoms with Crippen LogP contribution in [0.15, 0.2) is 48.5 Å². The van der Waals surface area contributed by atoms with E-state index in [-0.39, 0.29) is 33.3 Å². The highest BCUT2D eigenvalue weighted by atomic mass is 16.6. The number of nitro benzene ring substituents is 1. The van der Waals surface area contributed by atoms with Gasteiger partial charge in [-0.05, 0) is 50.5 Å². The lowest BCUT2D eigenvalue weighted by atomic mass is 10.0. The molecule has 0 saturated carbocycles. The fourth-order valence-corrected chi connectivity index (χ4v) is 3.82. The van der Waals surface area contributed by atoms with Crippen LogP contribution in [-0.4, -0.2) is 69.9 Å². The molecular weight excluding hydrogens is 562 g/mol. The molecule has 0 saturated heterocycles. The Labute approximate surface area is 247 Å². The number of carbonyl (C=O) groups excluding carboxylic acids is 6. The van der Waals surface area contributed by atoms with Gasteiger partial charge in [0, 0.05) is 23.4 Å². The number of nitrogens with zero attached hydrogens (tertiary/aromatic N) is 2. The number of nitrogens with one attached hydrogen (secondary N) is 3. The molecule has 0 aliphatic rings. The van der Waals surface area contributed by atoms with E-state index in [1.807, 2.05) is 13.8 Å². The lowest BCUT2D eigenvalue weighted by molar-refractivity contribution is -0.384. The molecule has 0 spiro atoms. The molecule has 0 radical (unpaired) electrons. The number of rotatable bonds is 12. The van der Waals surface area contributed by atoms with Crippen LogP contribution in [0.25, 0.3) is 0 Å². The Morgan fingerprint density at radius 3 is 2.05 bits per heavy atom. The van der Waals surface area contributed by atoms with Gasteiger partial charge in [0.05, 0.1) is 23.1 Å². The molecule has 6 amide bonds. The quantitative estimate of drug-likeness (QED) is 0.129. The minimum Gasteiger partial charge on any atom is -0.398 e. The molecule has 0 bridgehead atoms. The second-order valence-electron chi connectivity index (χ2n) is 10.1. The van der Waals surface area contributed by atoms with Crippen LogP contribution in [0.3, 0.4) is 0 Å². The summed E-state index contributed by atoms with van der Waals surface area (Å²) < 4.78 is 0. The number of nitrogen functional groups attached to an aromatic ring is 1. The minimum absolute atomic E-state index is 0.0781. The number of carbonyl (C=O) groups is 6. The third-order valence-electron chi connectivity index (χ3n) is 6.15. The molecule has 15 nitrogen and oxygen atoms in total. The maximum Gasteiger partial charge on any atom is 0.269 e. The second-order valence-corrected chi connectivity index (χ2v) is 10.1. The molecule has 0 aromatic heterocycles. The maximum absolute atomic E-state index is 13.3. The Balaban J connectivity index is 2.21. The zero-order chi connectivity index (χ0) is 32.4. The first-order chi connectivity index (χ1) is 20.1. The number of nitrogens with two attached hydrogens (primary N) is 2. The molecule has 0 heterocycles. The van der Waals surface area contributed by atoms with Crippen molar-refractivity contribution in [2.45, 2.75) is 52.2 Å². The van der Waals surface area contributed by atoms with Crippen molar-refractivity contribution < 1.29 is 33.7 Å². The highest BCUT2D eigenvalue weighted by Gasteiger charge is 2.34. The summed E-state index contributed by atoms with van der Waals surface area (Å²) in [5, 5.41) is 18.1. The van der Waals surface area contributed by atoms with Crippen LogP contribution in [0.4, 0.5) is 11.4 Å². The van der Waals surface area contributed by atoms with E-state index in [2.05, 4.69) is 16.0 Å². The third-order valence-corrected chi connectivity index (χ3v) is 6.15. The SMILES string of the molecule is CC(C)C[C@H](N)C(=O)N[C@@H](C)C(=O)N(C(=O)CNC(=O)[C@H](C)NC(=O)c1ccccc1N)C(=O)c1ccc([N+](=O)[O-])cc1. The monoisotopic (exact) mass is 597 g/mol. The molecule has 0 aliphatic carbocycles. The van der Waals surface area contributed by atoms with Gasteiger partial charge in [-0.25, -0.2) is 4.90 Å². The lowest BCUT2D eigenvalue weighted by Crippen LogP contribution is -2.56. The minimum atomic E-state index is -1.39. The van der Waals surface area contributed by atoms with Gasteiger partial charge >= 0.3 is 0 Å². The topological polar surface area (TPSA) is 237 Å². The van der Waals surface area contributed by atoms with Gasteiger partial charge < -0.3 is 27.4 Å². The van der Waals surface area contributed by atoms with Crippen molar-refractivity contribution in [2.24, 2.45) is 11.7 Å². The molecule has 0 fully saturated rings. The van der Waals surface area contributed by atoms with Gasteiger partial charge in [0.1, 0.15) is 12.1 Å². The van der Waals surface area contributed by atoms with Crippen molar-refractivity contribution in [2.75, 3.05) is 12.3 Å². The molecule has 2 aromatic rings. The number of nitro groups is 1. The second kappa shape index (κ2) is 15.2. The number of non-ortho nitro benzene ring substituents is 1. The average Bonchev–Trinajstić information content (AvgIpc) is 2.95. The Hall–Kier alpha value is -5.18. The summed E-state index contributed by atoms with van der Waals surface area (Å²) in [6.45, 7) is 5.45. The van der Waals surface area contributed by atoms with Crippen LogP contribution in [-0.2, 0) is 19.2 Å². The van der Waals surface area contributed by atoms with Crippen LogP contribution in [0.2, 0.25) is 0 Å². The average molecular weight is 598 g/mol. The molecule has 7 N–H and O–H groups in total. The van der Waals surface area contributed by atoms with Gasteiger partial charge in [0.15, 0.2) is 0 Å². The summed E-state index contributed by atoms with van der Waals surface area (Å²) in [5.74, 6) is -5.50. The summed E-state index contributed by atoms with van der Waals surface area (Å²) >= 11 is 0. The molecule has 0 unspecified atom stereocenters. The number of imide groups is 3. The molecular formula is C28H35N7O8. The third kappa shape index (κ3) is 9.43. The van der Waals surface area contributed by atoms with E-state index < -0.39 is 65.0 Å². The van der Waals surface area contributed by atoms with Crippen LogP contribution in [0, 0.1) is 16.0 Å². The number of anilines is 1. The molecule has 15 heteroatoms. The van der Waals surface area contributed by atoms with Crippen molar-refractivity contribution in [1.82, 2.24) is 20.9 Å². The number of hydrogen-bond donors (Lipinski definition) is 5. The maximum atomic E-state index is 13.3. The van der Waals surface area contributed by atoms with Crippen LogP contribution < -0.4 is 27.4 Å². The first-order valence-corrected chi connectivity index (χ1v) is 13.3. The molecule has 3 atom stereocenters. The highest BCUT2D eigenvalue weighted by molar-refractivity contribution is 6.18. The first-order valence-electron chi connectivity index (χ1n) is 13.3. The Kier molecular flexibility index (Phi) is 12.0. The van der Waals surface area contributed by atoms with E-state index in [1.165, 1.54) is 26.0 Å². The predicted molar refractivity (Wildman–Crippen MR) is 155 cm³/mol. The summed E-state index contributed by atoms with van der Waals surface area (Å²) in [6, 6.07) is 6.85. The summed E-state index contributed by atoms with van der Waals surface area (Å²) in [7, 11) is 0. The van der Waals surface area contributed by atoms with Crippen molar-refractivity contribution in [3.05, 3.63) is 69.8 Å². The first kappa shape index (κ1) is 34.0. The van der Waals surface area contributed by atoms with Crippen molar-refractivity contribution in [3.63, 3.8) is 0 Å². The molecule has 43 heavy (non-hydrogen) atoms. The van der Waals surface area contributed by atoms with Crippen molar-refractivity contribution in [1.29, 1.82) is 0 Å². The van der Waals surface area contributed by atoms with Crippen LogP contribution in [0.1, 0.15) is 54.8 Å². The lowest BCUT2D eigenvalue weighted by Gasteiger charge is -2.25. The Morgan fingerprint density at radius 1 is 0.884 bits per heavy atom. The Bertz CT molecular complexity index is 1390. The number of para-hydroxylation sites is 1. The molecule has 230 valence electrons. The smallest absolute Gasteiger partial charge is 0.269 e. The molecule has 2 rings (SSSR count). The van der Waals surface area contributed by atoms with Crippen molar-refractivity contribution >= 4 is 46.8 Å². The van der Waals surface area contributed by atoms with Gasteiger partial charge in [-0.2, -0.15) is 0 Å². The van der Waals surface area contributed by atoms with E-state index in [4.69, 9.17) is 11.5 Å². The van der Waals surface area contributed by atoms with Gasteiger partial charge in [-0.3, -0.25) is 38.9 Å². The number of amides is 6. The fraction of sp³-hybridized carbons (Fsp3) is 0.357. The standard InChI is InChI=1S/C28H35N7O8/c1-15(2)13-22(30)26(39)33-17(4)27(40)34(28(41)18-9-11-19(12-10-18)35(42)43)23(36)14-31-24(37)16(3)32-25(38)20-7-5-6-8-21(20)29/h5-12,15-17,22H,13-14,29-30H2,1-4H3,(H,31,37)(H,32,38)(H,33,39)/t16-,17-,22-/m0/s1. The predicted octanol–water partition coefficient (Wildman–Crippen LogP) is 0.485. The molecule has 0 aliphatic heterocycles. The van der Waals surface area contributed by atoms with Gasteiger partial charge in [0.25, 0.3) is 29.3 Å². The van der Waals surface area contributed by atoms with Crippen molar-refractivity contribution in [3.8, 4) is 0 Å². The number of benzene rings is 2. The van der Waals surface area contributed by atoms with E-state index in [9.17, 15) is 38.9 Å². The normalized spacial score (nSPS) is 12.8.